The van der Waals surface area contributed by atoms with Crippen LogP contribution in [0.2, 0.25) is 0 Å². The van der Waals surface area contributed by atoms with E-state index in [-0.39, 0.29) is 46.1 Å². The van der Waals surface area contributed by atoms with E-state index in [2.05, 4.69) is 47.3 Å². The van der Waals surface area contributed by atoms with Gasteiger partial charge in [-0.2, -0.15) is 4.31 Å². The van der Waals surface area contributed by atoms with Crippen molar-refractivity contribution in [2.75, 3.05) is 54.9 Å². The van der Waals surface area contributed by atoms with Crippen molar-refractivity contribution < 1.29 is 71.0 Å². The second-order valence-electron chi connectivity index (χ2n) is 29.9. The van der Waals surface area contributed by atoms with Crippen LogP contribution in [0.15, 0.2) is 95.3 Å². The van der Waals surface area contributed by atoms with E-state index < -0.39 is 95.5 Å². The van der Waals surface area contributed by atoms with Crippen LogP contribution in [0.25, 0.3) is 0 Å². The zero-order chi connectivity index (χ0) is 74.0. The van der Waals surface area contributed by atoms with Crippen molar-refractivity contribution in [1.82, 2.24) is 28.4 Å². The van der Waals surface area contributed by atoms with Gasteiger partial charge in [-0.3, -0.25) is 0 Å². The molecule has 5 N–H and O–H groups in total. The maximum absolute atomic E-state index is 15.4. The molecule has 558 valence electrons. The molecule has 5 atom stereocenters. The van der Waals surface area contributed by atoms with Crippen LogP contribution in [0.4, 0.5) is 34.8 Å². The highest BCUT2D eigenvalue weighted by Gasteiger charge is 2.39. The molecule has 26 heteroatoms. The quantitative estimate of drug-likeness (QED) is 0.0518. The zero-order valence-corrected chi connectivity index (χ0v) is 63.6. The smallest absolute Gasteiger partial charge is 0.410 e. The van der Waals surface area contributed by atoms with Crippen LogP contribution in [0, 0.1) is 25.7 Å². The molecule has 0 aromatic heterocycles. The first kappa shape index (κ1) is 88.3. The van der Waals surface area contributed by atoms with Crippen molar-refractivity contribution in [1.29, 1.82) is 0 Å². The lowest BCUT2D eigenvalue weighted by atomic mass is 9.80. The molecule has 0 saturated heterocycles. The molecule has 2 aromatic carbocycles. The van der Waals surface area contributed by atoms with Crippen LogP contribution < -0.4 is 15.2 Å². The summed E-state index contributed by atoms with van der Waals surface area (Å²) < 4.78 is 137. The van der Waals surface area contributed by atoms with Gasteiger partial charge < -0.3 is 39.8 Å². The van der Waals surface area contributed by atoms with Crippen molar-refractivity contribution in [3.63, 3.8) is 0 Å². The van der Waals surface area contributed by atoms with Gasteiger partial charge in [0.2, 0.25) is 20.0 Å². The topological polar surface area (TPSA) is 230 Å². The largest absolute Gasteiger partial charge is 0.444 e. The minimum atomic E-state index is -4.91. The van der Waals surface area contributed by atoms with Crippen LogP contribution in [0.3, 0.4) is 0 Å². The summed E-state index contributed by atoms with van der Waals surface area (Å²) in [4.78, 5) is 41.0. The third-order valence-electron chi connectivity index (χ3n) is 16.5. The lowest BCUT2D eigenvalue weighted by molar-refractivity contribution is -0.0148. The van der Waals surface area contributed by atoms with E-state index in [4.69, 9.17) is 19.9 Å². The number of sulfonamides is 2. The number of likely N-dealkylation sites (N-methyl/N-ethyl adjacent to an activating group) is 3. The lowest BCUT2D eigenvalue weighted by Crippen LogP contribution is -2.49. The van der Waals surface area contributed by atoms with Gasteiger partial charge in [-0.1, -0.05) is 130 Å². The summed E-state index contributed by atoms with van der Waals surface area (Å²) in [6.07, 6.45) is 22.6. The number of nitrogens with zero attached hydrogens (tertiary/aromatic N) is 4. The van der Waals surface area contributed by atoms with E-state index in [0.29, 0.717) is 63.3 Å². The van der Waals surface area contributed by atoms with Crippen molar-refractivity contribution in [2.45, 2.75) is 267 Å². The molecule has 3 amide bonds. The number of amides is 3. The summed E-state index contributed by atoms with van der Waals surface area (Å²) in [5.41, 5.74) is 2.54. The van der Waals surface area contributed by atoms with Crippen LogP contribution in [-0.4, -0.2) is 166 Å². The SMILES string of the molecule is C=CCC1C=CC=CC1C.CN(C)S(F)(F)F.CN(CC(N)CC1(F)CCCCC1)C(=O)OC(C)(C)C.Cc1ccc(S(=O)(=O)NC(CN(C)C(=O)OC(C)(C)C)CC2(F)CCCCC2)cc1.Cc1ccc(S(=O)(=O)NC(CN(C)C(=O)OC(C)(C)C)CC2(O)CCCCC2)cc1. The first-order valence-corrected chi connectivity index (χ1v) is 38.2. The number of aryl methyl sites for hydroxylation is 2. The van der Waals surface area contributed by atoms with Gasteiger partial charge in [0.25, 0.3) is 11.4 Å². The summed E-state index contributed by atoms with van der Waals surface area (Å²) >= 11 is -4.91. The molecule has 3 saturated carbocycles. The number of carbonyl (C=O) groups excluding carboxylic acids is 3. The second-order valence-corrected chi connectivity index (χ2v) is 34.9. The minimum absolute atomic E-state index is 0.0191. The van der Waals surface area contributed by atoms with E-state index >= 15 is 4.39 Å². The first-order valence-electron chi connectivity index (χ1n) is 33.9. The molecule has 4 aliphatic rings. The first-order chi connectivity index (χ1) is 44.5. The Morgan fingerprint density at radius 1 is 0.577 bits per heavy atom. The van der Waals surface area contributed by atoms with Crippen molar-refractivity contribution in [2.24, 2.45) is 17.6 Å². The predicted octanol–water partition coefficient (Wildman–Crippen LogP) is 16.3. The fourth-order valence-corrected chi connectivity index (χ4v) is 13.9. The van der Waals surface area contributed by atoms with E-state index in [0.717, 1.165) is 89.4 Å². The third kappa shape index (κ3) is 36.4. The average Bonchev–Trinajstić information content (AvgIpc) is 0.824. The van der Waals surface area contributed by atoms with E-state index in [9.17, 15) is 52.4 Å². The van der Waals surface area contributed by atoms with Crippen LogP contribution >= 0.6 is 11.4 Å². The van der Waals surface area contributed by atoms with Crippen molar-refractivity contribution in [3.05, 3.63) is 96.6 Å². The Hall–Kier alpha value is -4.83. The van der Waals surface area contributed by atoms with Gasteiger partial charge in [0, 0.05) is 73.0 Å². The highest BCUT2D eigenvalue weighted by atomic mass is 32.3. The van der Waals surface area contributed by atoms with Crippen LogP contribution in [0.5, 0.6) is 0 Å². The summed E-state index contributed by atoms with van der Waals surface area (Å²) in [7, 11) is -0.916. The van der Waals surface area contributed by atoms with E-state index in [1.807, 2.05) is 40.7 Å². The molecular formula is C71H120F5N7O11S3. The number of hydrogen-bond donors (Lipinski definition) is 4. The summed E-state index contributed by atoms with van der Waals surface area (Å²) in [5.74, 6) is 1.37. The molecule has 0 bridgehead atoms. The number of alkyl halides is 2. The van der Waals surface area contributed by atoms with Gasteiger partial charge in [0.05, 0.1) is 15.4 Å². The monoisotopic (exact) mass is 1440 g/mol. The van der Waals surface area contributed by atoms with Gasteiger partial charge in [-0.25, -0.2) is 49.4 Å². The molecule has 4 aliphatic carbocycles. The fourth-order valence-electron chi connectivity index (χ4n) is 11.4. The number of hydrogen-bond acceptors (Lipinski definition) is 13. The minimum Gasteiger partial charge on any atom is -0.444 e. The average molecular weight is 1440 g/mol. The second kappa shape index (κ2) is 39.4. The van der Waals surface area contributed by atoms with Gasteiger partial charge in [0.1, 0.15) is 28.1 Å². The van der Waals surface area contributed by atoms with Crippen molar-refractivity contribution >= 4 is 49.7 Å². The summed E-state index contributed by atoms with van der Waals surface area (Å²) in [6, 6.07) is 11.3. The number of benzene rings is 2. The Balaban J connectivity index is 0.000000446. The molecule has 5 unspecified atom stereocenters. The van der Waals surface area contributed by atoms with Gasteiger partial charge in [0.15, 0.2) is 0 Å². The number of nitrogens with one attached hydrogen (secondary N) is 2. The fraction of sp³-hybridized carbons (Fsp3) is 0.704. The Bertz CT molecular complexity index is 2850. The highest BCUT2D eigenvalue weighted by molar-refractivity contribution is 8.18. The molecule has 3 fully saturated rings. The lowest BCUT2D eigenvalue weighted by Gasteiger charge is -2.36. The maximum Gasteiger partial charge on any atom is 0.410 e. The summed E-state index contributed by atoms with van der Waals surface area (Å²) in [6.45, 7) is 26.2. The predicted molar refractivity (Wildman–Crippen MR) is 381 cm³/mol. The van der Waals surface area contributed by atoms with Crippen LogP contribution in [-0.2, 0) is 34.3 Å². The number of halogens is 5. The van der Waals surface area contributed by atoms with E-state index in [1.165, 1.54) is 33.9 Å². The normalized spacial score (nSPS) is 19.5. The van der Waals surface area contributed by atoms with Gasteiger partial charge in [-0.05, 0) is 176 Å². The van der Waals surface area contributed by atoms with E-state index in [1.54, 1.807) is 92.0 Å². The molecule has 0 radical (unpaired) electrons. The molecule has 0 spiro atoms. The Morgan fingerprint density at radius 3 is 1.23 bits per heavy atom. The maximum atomic E-state index is 15.4. The molecule has 6 rings (SSSR count). The van der Waals surface area contributed by atoms with Gasteiger partial charge >= 0.3 is 18.3 Å². The van der Waals surface area contributed by atoms with Crippen LogP contribution in [0.1, 0.15) is 202 Å². The van der Waals surface area contributed by atoms with Crippen molar-refractivity contribution in [3.8, 4) is 0 Å². The Kier molecular flexibility index (Phi) is 35.8. The van der Waals surface area contributed by atoms with Gasteiger partial charge in [-0.15, -0.1) is 18.2 Å². The third-order valence-corrected chi connectivity index (χ3v) is 20.4. The molecule has 0 heterocycles. The number of nitrogens with two attached hydrogens (primary N) is 1. The summed E-state index contributed by atoms with van der Waals surface area (Å²) in [5, 5.41) is 11.0. The number of allylic oxidation sites excluding steroid dienone is 5. The molecule has 2 aromatic rings. The number of ether oxygens (including phenoxy) is 3. The highest BCUT2D eigenvalue weighted by Crippen LogP contribution is 2.54. The Morgan fingerprint density at radius 2 is 0.897 bits per heavy atom. The standard InChI is InChI=1S/C22H35FN2O4S.C22H36N2O5S.C15H29FN2O2.C10H14.C2H6F3NS/c1-17-9-11-19(12-10-17)30(27,28)24-18(15-22(23)13-7-6-8-14-22)16-25(5)20(26)29-21(2,3)4;1-17-9-11-19(12-10-17)30(27,28)23-18(15-22(26)13-7-6-8-14-22)16-24(5)20(25)29-21(2,3)4;1-14(2,3)20-13(19)18(4)11-12(17)10-15(16)8-6-5-7-9-15;1-3-6-10-8-5-4-7-9(10)2;1-6(2)7(3,4)5/h9-12,18,24H,6-8,13-16H2,1-5H3;9-12,18,23,26H,6-8,13-16H2,1-5H3;12H,5-11,17H2,1-4H3;3-5,7-10H,1,6H2,2H3;1-2H3. The number of rotatable bonds is 21. The number of aliphatic hydroxyl groups is 1. The molecule has 0 aliphatic heterocycles. The molecule has 97 heavy (non-hydrogen) atoms. The molecular weight excluding hydrogens is 1320 g/mol. The molecule has 18 nitrogen and oxygen atoms in total. The Labute approximate surface area is 581 Å². The number of carbonyl (C=O) groups is 3. The zero-order valence-electron chi connectivity index (χ0n) is 61.2.